The van der Waals surface area contributed by atoms with Crippen LogP contribution in [0.2, 0.25) is 0 Å². The summed E-state index contributed by atoms with van der Waals surface area (Å²) >= 11 is 0. The maximum atomic E-state index is 11.3. The first-order chi connectivity index (χ1) is 8.29. The smallest absolute Gasteiger partial charge is 0.310 e. The van der Waals surface area contributed by atoms with Crippen LogP contribution in [0.5, 0.6) is 5.75 Å². The van der Waals surface area contributed by atoms with Gasteiger partial charge in [0, 0.05) is 5.56 Å². The Morgan fingerprint density at radius 1 is 1.29 bits per heavy atom. The molecule has 0 spiro atoms. The van der Waals surface area contributed by atoms with Crippen molar-refractivity contribution in [3.8, 4) is 5.75 Å². The van der Waals surface area contributed by atoms with Gasteiger partial charge in [0.05, 0.1) is 19.6 Å². The minimum Gasteiger partial charge on any atom is -0.490 e. The number of para-hydroxylation sites is 1. The molecule has 0 unspecified atom stereocenters. The van der Waals surface area contributed by atoms with E-state index in [0.29, 0.717) is 6.10 Å². The van der Waals surface area contributed by atoms with E-state index in [2.05, 4.69) is 4.74 Å². The lowest BCUT2D eigenvalue weighted by atomic mass is 10.1. The second-order valence-electron chi connectivity index (χ2n) is 4.38. The Labute approximate surface area is 102 Å². The molecule has 0 aromatic heterocycles. The Hall–Kier alpha value is -1.51. The normalized spacial score (nSPS) is 15.8. The standard InChI is InChI=1S/C14H18O3/c1-16-14(15)10-11-6-2-5-9-13(11)17-12-7-3-4-8-12/h2,5-6,9,12H,3-4,7-8,10H2,1H3. The number of esters is 1. The Morgan fingerprint density at radius 2 is 2.00 bits per heavy atom. The summed E-state index contributed by atoms with van der Waals surface area (Å²) in [6.07, 6.45) is 5.31. The number of carbonyl (C=O) groups is 1. The van der Waals surface area contributed by atoms with Crippen molar-refractivity contribution >= 4 is 5.97 Å². The fourth-order valence-corrected chi connectivity index (χ4v) is 2.18. The molecule has 92 valence electrons. The summed E-state index contributed by atoms with van der Waals surface area (Å²) in [7, 11) is 1.41. The van der Waals surface area contributed by atoms with E-state index in [0.717, 1.165) is 24.2 Å². The van der Waals surface area contributed by atoms with Crippen LogP contribution >= 0.6 is 0 Å². The lowest BCUT2D eigenvalue weighted by Gasteiger charge is -2.15. The third-order valence-electron chi connectivity index (χ3n) is 3.13. The number of benzene rings is 1. The largest absolute Gasteiger partial charge is 0.490 e. The molecule has 17 heavy (non-hydrogen) atoms. The maximum absolute atomic E-state index is 11.3. The highest BCUT2D eigenvalue weighted by Gasteiger charge is 2.18. The minimum atomic E-state index is -0.229. The van der Waals surface area contributed by atoms with Gasteiger partial charge in [-0.15, -0.1) is 0 Å². The number of methoxy groups -OCH3 is 1. The van der Waals surface area contributed by atoms with E-state index in [-0.39, 0.29) is 12.4 Å². The van der Waals surface area contributed by atoms with E-state index in [9.17, 15) is 4.79 Å². The quantitative estimate of drug-likeness (QED) is 0.751. The summed E-state index contributed by atoms with van der Waals surface area (Å²) in [5, 5.41) is 0. The fraction of sp³-hybridized carbons (Fsp3) is 0.500. The maximum Gasteiger partial charge on any atom is 0.310 e. The van der Waals surface area contributed by atoms with Gasteiger partial charge in [-0.25, -0.2) is 0 Å². The molecule has 3 nitrogen and oxygen atoms in total. The Balaban J connectivity index is 2.06. The predicted octanol–water partition coefficient (Wildman–Crippen LogP) is 2.72. The average molecular weight is 234 g/mol. The number of ether oxygens (including phenoxy) is 2. The molecule has 1 aliphatic carbocycles. The highest BCUT2D eigenvalue weighted by molar-refractivity contribution is 5.73. The van der Waals surface area contributed by atoms with E-state index < -0.39 is 0 Å². The summed E-state index contributed by atoms with van der Waals surface area (Å²) in [5.74, 6) is 0.595. The van der Waals surface area contributed by atoms with E-state index in [1.807, 2.05) is 24.3 Å². The second-order valence-corrected chi connectivity index (χ2v) is 4.38. The van der Waals surface area contributed by atoms with Crippen LogP contribution in [-0.2, 0) is 16.0 Å². The zero-order valence-corrected chi connectivity index (χ0v) is 10.1. The van der Waals surface area contributed by atoms with E-state index in [1.54, 1.807) is 0 Å². The molecular formula is C14H18O3. The molecule has 0 radical (unpaired) electrons. The molecule has 1 aromatic carbocycles. The van der Waals surface area contributed by atoms with Gasteiger partial charge in [-0.2, -0.15) is 0 Å². The lowest BCUT2D eigenvalue weighted by Crippen LogP contribution is -2.13. The molecule has 0 heterocycles. The second kappa shape index (κ2) is 5.71. The molecule has 1 aliphatic rings. The Kier molecular flexibility index (Phi) is 4.02. The SMILES string of the molecule is COC(=O)Cc1ccccc1OC1CCCC1. The van der Waals surface area contributed by atoms with Crippen molar-refractivity contribution < 1.29 is 14.3 Å². The van der Waals surface area contributed by atoms with Crippen molar-refractivity contribution in [2.75, 3.05) is 7.11 Å². The summed E-state index contributed by atoms with van der Waals surface area (Å²) in [6.45, 7) is 0. The Bertz CT molecular complexity index is 381. The molecular weight excluding hydrogens is 216 g/mol. The number of hydrogen-bond donors (Lipinski definition) is 0. The lowest BCUT2D eigenvalue weighted by molar-refractivity contribution is -0.139. The van der Waals surface area contributed by atoms with Crippen molar-refractivity contribution in [3.63, 3.8) is 0 Å². The fourth-order valence-electron chi connectivity index (χ4n) is 2.18. The predicted molar refractivity (Wildman–Crippen MR) is 65.0 cm³/mol. The molecule has 1 aromatic rings. The molecule has 0 bridgehead atoms. The van der Waals surface area contributed by atoms with Crippen molar-refractivity contribution in [1.29, 1.82) is 0 Å². The van der Waals surface area contributed by atoms with Crippen molar-refractivity contribution in [2.24, 2.45) is 0 Å². The highest BCUT2D eigenvalue weighted by atomic mass is 16.5. The minimum absolute atomic E-state index is 0.229. The summed E-state index contributed by atoms with van der Waals surface area (Å²) in [5.41, 5.74) is 0.909. The molecule has 1 fully saturated rings. The van der Waals surface area contributed by atoms with Crippen molar-refractivity contribution in [1.82, 2.24) is 0 Å². The van der Waals surface area contributed by atoms with Gasteiger partial charge in [-0.1, -0.05) is 18.2 Å². The number of carbonyl (C=O) groups excluding carboxylic acids is 1. The molecule has 0 saturated heterocycles. The average Bonchev–Trinajstić information content (AvgIpc) is 2.84. The van der Waals surface area contributed by atoms with E-state index >= 15 is 0 Å². The third-order valence-corrected chi connectivity index (χ3v) is 3.13. The molecule has 3 heteroatoms. The van der Waals surface area contributed by atoms with Crippen LogP contribution in [0.25, 0.3) is 0 Å². The molecule has 0 amide bonds. The first-order valence-electron chi connectivity index (χ1n) is 6.11. The van der Waals surface area contributed by atoms with Gasteiger partial charge in [0.15, 0.2) is 0 Å². The van der Waals surface area contributed by atoms with Gasteiger partial charge in [0.2, 0.25) is 0 Å². The van der Waals surface area contributed by atoms with Gasteiger partial charge >= 0.3 is 5.97 Å². The number of rotatable bonds is 4. The van der Waals surface area contributed by atoms with Gasteiger partial charge in [0.1, 0.15) is 5.75 Å². The van der Waals surface area contributed by atoms with Crippen LogP contribution < -0.4 is 4.74 Å². The summed E-state index contributed by atoms with van der Waals surface area (Å²) in [4.78, 5) is 11.3. The van der Waals surface area contributed by atoms with Crippen LogP contribution in [0.1, 0.15) is 31.2 Å². The van der Waals surface area contributed by atoms with Crippen LogP contribution in [0, 0.1) is 0 Å². The van der Waals surface area contributed by atoms with Gasteiger partial charge in [0.25, 0.3) is 0 Å². The zero-order chi connectivity index (χ0) is 12.1. The van der Waals surface area contributed by atoms with Crippen LogP contribution in [0.15, 0.2) is 24.3 Å². The van der Waals surface area contributed by atoms with E-state index in [4.69, 9.17) is 4.74 Å². The van der Waals surface area contributed by atoms with Gasteiger partial charge in [-0.05, 0) is 31.7 Å². The van der Waals surface area contributed by atoms with Crippen LogP contribution in [0.3, 0.4) is 0 Å². The van der Waals surface area contributed by atoms with Crippen LogP contribution in [-0.4, -0.2) is 19.2 Å². The summed E-state index contributed by atoms with van der Waals surface area (Å²) < 4.78 is 10.6. The van der Waals surface area contributed by atoms with Crippen molar-refractivity contribution in [3.05, 3.63) is 29.8 Å². The van der Waals surface area contributed by atoms with Gasteiger partial charge in [-0.3, -0.25) is 4.79 Å². The molecule has 0 atom stereocenters. The molecule has 0 N–H and O–H groups in total. The topological polar surface area (TPSA) is 35.5 Å². The first-order valence-corrected chi connectivity index (χ1v) is 6.11. The summed E-state index contributed by atoms with van der Waals surface area (Å²) in [6, 6.07) is 7.70. The van der Waals surface area contributed by atoms with Gasteiger partial charge < -0.3 is 9.47 Å². The zero-order valence-electron chi connectivity index (χ0n) is 10.1. The first kappa shape index (κ1) is 12.0. The molecule has 0 aliphatic heterocycles. The highest BCUT2D eigenvalue weighted by Crippen LogP contribution is 2.26. The van der Waals surface area contributed by atoms with Crippen molar-refractivity contribution in [2.45, 2.75) is 38.2 Å². The molecule has 2 rings (SSSR count). The third kappa shape index (κ3) is 3.22. The Morgan fingerprint density at radius 3 is 2.71 bits per heavy atom. The van der Waals surface area contributed by atoms with Crippen LogP contribution in [0.4, 0.5) is 0 Å². The molecule has 1 saturated carbocycles. The van der Waals surface area contributed by atoms with E-state index in [1.165, 1.54) is 20.0 Å². The monoisotopic (exact) mass is 234 g/mol. The number of hydrogen-bond acceptors (Lipinski definition) is 3.